The second kappa shape index (κ2) is 7.85. The van der Waals surface area contributed by atoms with Crippen LogP contribution >= 0.6 is 23.4 Å². The van der Waals surface area contributed by atoms with Crippen LogP contribution in [0.3, 0.4) is 0 Å². The maximum absolute atomic E-state index is 6.02. The topological polar surface area (TPSA) is 31.4 Å². The number of aromatic nitrogens is 1. The molecule has 2 heterocycles. The fraction of sp³-hybridized carbons (Fsp3) is 0.0952. The van der Waals surface area contributed by atoms with Gasteiger partial charge in [-0.3, -0.25) is 0 Å². The van der Waals surface area contributed by atoms with E-state index >= 15 is 0 Å². The average Bonchev–Trinajstić information content (AvgIpc) is 2.71. The summed E-state index contributed by atoms with van der Waals surface area (Å²) in [6.07, 6.45) is 8.85. The number of nitrogens with zero attached hydrogens (tertiary/aromatic N) is 1. The van der Waals surface area contributed by atoms with Crippen LogP contribution in [0.1, 0.15) is 17.9 Å². The van der Waals surface area contributed by atoms with Crippen molar-refractivity contribution in [2.75, 3.05) is 0 Å². The summed E-state index contributed by atoms with van der Waals surface area (Å²) in [5.41, 5.74) is 2.42. The van der Waals surface area contributed by atoms with Gasteiger partial charge in [0.15, 0.2) is 0 Å². The Kier molecular flexibility index (Phi) is 5.14. The standard InChI is InChI=1S/C21H16ClNO2S/c22-16-10-11-20(23-12-16)25-21-14-26-13-19(24-21)18-9-5-4-8-17(18)15-6-2-1-3-7-15/h1-7,9-14,17H,8H2. The summed E-state index contributed by atoms with van der Waals surface area (Å²) in [5.74, 6) is 1.92. The molecule has 5 heteroatoms. The van der Waals surface area contributed by atoms with Crippen LogP contribution in [0.5, 0.6) is 5.88 Å². The zero-order chi connectivity index (χ0) is 17.8. The predicted octanol–water partition coefficient (Wildman–Crippen LogP) is 6.19. The van der Waals surface area contributed by atoms with Crippen LogP contribution in [0.15, 0.2) is 95.0 Å². The van der Waals surface area contributed by atoms with Crippen LogP contribution in [0.25, 0.3) is 0 Å². The molecular formula is C21H16ClNO2S. The molecule has 1 aromatic carbocycles. The lowest BCUT2D eigenvalue weighted by atomic mass is 9.84. The molecule has 3 nitrogen and oxygen atoms in total. The van der Waals surface area contributed by atoms with E-state index < -0.39 is 0 Å². The third-order valence-electron chi connectivity index (χ3n) is 4.10. The third-order valence-corrected chi connectivity index (χ3v) is 5.00. The van der Waals surface area contributed by atoms with Gasteiger partial charge in [0.1, 0.15) is 5.76 Å². The summed E-state index contributed by atoms with van der Waals surface area (Å²) in [5, 5.41) is 4.38. The lowest BCUT2D eigenvalue weighted by Gasteiger charge is -2.25. The van der Waals surface area contributed by atoms with Gasteiger partial charge in [-0.15, -0.1) is 0 Å². The van der Waals surface area contributed by atoms with E-state index in [4.69, 9.17) is 21.1 Å². The minimum Gasteiger partial charge on any atom is -0.425 e. The summed E-state index contributed by atoms with van der Waals surface area (Å²) < 4.78 is 11.8. The largest absolute Gasteiger partial charge is 0.425 e. The third kappa shape index (κ3) is 3.87. The van der Waals surface area contributed by atoms with Crippen molar-refractivity contribution in [1.82, 2.24) is 4.98 Å². The molecule has 2 aliphatic rings. The maximum Gasteiger partial charge on any atom is 0.298 e. The number of rotatable bonds is 4. The molecule has 2 aromatic rings. The summed E-state index contributed by atoms with van der Waals surface area (Å²) >= 11 is 7.39. The Hall–Kier alpha value is -2.43. The van der Waals surface area contributed by atoms with Gasteiger partial charge in [0.05, 0.1) is 10.4 Å². The Balaban J connectivity index is 1.52. The molecule has 0 radical (unpaired) electrons. The second-order valence-electron chi connectivity index (χ2n) is 5.82. The number of benzene rings is 1. The Morgan fingerprint density at radius 1 is 1.12 bits per heavy atom. The van der Waals surface area contributed by atoms with Gasteiger partial charge in [0, 0.05) is 29.2 Å². The van der Waals surface area contributed by atoms with E-state index in [1.54, 1.807) is 18.3 Å². The first-order valence-electron chi connectivity index (χ1n) is 8.25. The van der Waals surface area contributed by atoms with Gasteiger partial charge in [-0.2, -0.15) is 0 Å². The van der Waals surface area contributed by atoms with Crippen LogP contribution in [0.4, 0.5) is 0 Å². The molecule has 130 valence electrons. The van der Waals surface area contributed by atoms with Crippen molar-refractivity contribution in [2.24, 2.45) is 0 Å². The highest BCUT2D eigenvalue weighted by Gasteiger charge is 2.24. The zero-order valence-electron chi connectivity index (χ0n) is 13.8. The normalized spacial score (nSPS) is 19.1. The van der Waals surface area contributed by atoms with Gasteiger partial charge in [-0.25, -0.2) is 4.98 Å². The molecule has 0 saturated heterocycles. The smallest absolute Gasteiger partial charge is 0.298 e. The highest BCUT2D eigenvalue weighted by atomic mass is 35.5. The number of hydrogen-bond acceptors (Lipinski definition) is 4. The van der Waals surface area contributed by atoms with Gasteiger partial charge in [0.25, 0.3) is 5.95 Å². The van der Waals surface area contributed by atoms with E-state index in [0.29, 0.717) is 16.8 Å². The van der Waals surface area contributed by atoms with E-state index in [1.165, 1.54) is 17.3 Å². The number of allylic oxidation sites excluding steroid dienone is 4. The number of ether oxygens (including phenoxy) is 2. The lowest BCUT2D eigenvalue weighted by Crippen LogP contribution is -2.12. The molecule has 1 aliphatic heterocycles. The molecule has 1 atom stereocenters. The molecule has 0 fully saturated rings. The molecule has 0 N–H and O–H groups in total. The van der Waals surface area contributed by atoms with Crippen LogP contribution in [-0.2, 0) is 4.74 Å². The second-order valence-corrected chi connectivity index (χ2v) is 7.00. The minimum atomic E-state index is 0.265. The monoisotopic (exact) mass is 381 g/mol. The van der Waals surface area contributed by atoms with E-state index in [9.17, 15) is 0 Å². The van der Waals surface area contributed by atoms with E-state index in [-0.39, 0.29) is 5.92 Å². The fourth-order valence-corrected chi connectivity index (χ4v) is 3.58. The molecule has 1 aromatic heterocycles. The number of hydrogen-bond donors (Lipinski definition) is 0. The first-order chi connectivity index (χ1) is 12.8. The Labute approximate surface area is 161 Å². The van der Waals surface area contributed by atoms with Crippen LogP contribution in [0, 0.1) is 0 Å². The summed E-state index contributed by atoms with van der Waals surface area (Å²) in [4.78, 5) is 4.14. The average molecular weight is 382 g/mol. The van der Waals surface area contributed by atoms with Crippen LogP contribution in [0.2, 0.25) is 5.02 Å². The van der Waals surface area contributed by atoms with E-state index in [1.807, 2.05) is 16.9 Å². The molecule has 1 aliphatic carbocycles. The quantitative estimate of drug-likeness (QED) is 0.632. The van der Waals surface area contributed by atoms with Gasteiger partial charge >= 0.3 is 0 Å². The molecule has 0 saturated carbocycles. The Morgan fingerprint density at radius 3 is 2.81 bits per heavy atom. The number of pyridine rings is 1. The van der Waals surface area contributed by atoms with Gasteiger partial charge in [-0.05, 0) is 18.1 Å². The van der Waals surface area contributed by atoms with Crippen molar-refractivity contribution < 1.29 is 9.47 Å². The molecule has 26 heavy (non-hydrogen) atoms. The van der Waals surface area contributed by atoms with E-state index in [0.717, 1.165) is 17.8 Å². The molecule has 4 rings (SSSR count). The van der Waals surface area contributed by atoms with E-state index in [2.05, 4.69) is 47.5 Å². The SMILES string of the molecule is Clc1ccc(OC2=CSC=C(C3=CC=CCC3c3ccccc3)O2)nc1. The van der Waals surface area contributed by atoms with Crippen LogP contribution < -0.4 is 4.74 Å². The number of halogens is 1. The Bertz CT molecular complexity index is 901. The minimum absolute atomic E-state index is 0.265. The van der Waals surface area contributed by atoms with Crippen LogP contribution in [-0.4, -0.2) is 4.98 Å². The van der Waals surface area contributed by atoms with Crippen molar-refractivity contribution >= 4 is 23.4 Å². The van der Waals surface area contributed by atoms with Crippen molar-refractivity contribution in [1.29, 1.82) is 0 Å². The highest BCUT2D eigenvalue weighted by Crippen LogP contribution is 2.39. The van der Waals surface area contributed by atoms with Gasteiger partial charge < -0.3 is 9.47 Å². The highest BCUT2D eigenvalue weighted by molar-refractivity contribution is 8.05. The molecule has 0 amide bonds. The lowest BCUT2D eigenvalue weighted by molar-refractivity contribution is 0.161. The predicted molar refractivity (Wildman–Crippen MR) is 106 cm³/mol. The molecule has 1 unspecified atom stereocenters. The van der Waals surface area contributed by atoms with Crippen molar-refractivity contribution in [3.8, 4) is 5.88 Å². The molecule has 0 bridgehead atoms. The summed E-state index contributed by atoms with van der Waals surface area (Å²) in [6.45, 7) is 0. The fourth-order valence-electron chi connectivity index (χ4n) is 2.89. The number of thioether (sulfide) groups is 1. The summed E-state index contributed by atoms with van der Waals surface area (Å²) in [7, 11) is 0. The van der Waals surface area contributed by atoms with Crippen molar-refractivity contribution in [3.63, 3.8) is 0 Å². The first kappa shape index (κ1) is 17.0. The van der Waals surface area contributed by atoms with Gasteiger partial charge in [-0.1, -0.05) is 71.9 Å². The molecule has 0 spiro atoms. The maximum atomic E-state index is 6.02. The summed E-state index contributed by atoms with van der Waals surface area (Å²) in [6, 6.07) is 13.9. The molecular weight excluding hydrogens is 366 g/mol. The first-order valence-corrected chi connectivity index (χ1v) is 9.57. The Morgan fingerprint density at radius 2 is 2.00 bits per heavy atom. The van der Waals surface area contributed by atoms with Gasteiger partial charge in [0.2, 0.25) is 5.88 Å². The van der Waals surface area contributed by atoms with Crippen molar-refractivity contribution in [2.45, 2.75) is 12.3 Å². The van der Waals surface area contributed by atoms with Crippen molar-refractivity contribution in [3.05, 3.63) is 106 Å². The zero-order valence-corrected chi connectivity index (χ0v) is 15.4.